The zero-order chi connectivity index (χ0) is 14.4. The van der Waals surface area contributed by atoms with Gasteiger partial charge in [-0.05, 0) is 57.5 Å². The van der Waals surface area contributed by atoms with Gasteiger partial charge in [-0.25, -0.2) is 0 Å². The van der Waals surface area contributed by atoms with Crippen LogP contribution < -0.4 is 4.74 Å². The van der Waals surface area contributed by atoms with Crippen LogP contribution in [0, 0.1) is 0 Å². The Labute approximate surface area is 126 Å². The van der Waals surface area contributed by atoms with Gasteiger partial charge in [0.15, 0.2) is 0 Å². The fourth-order valence-corrected chi connectivity index (χ4v) is 2.75. The summed E-state index contributed by atoms with van der Waals surface area (Å²) in [5.74, 6) is 0.892. The molecule has 3 nitrogen and oxygen atoms in total. The fraction of sp³-hybridized carbons (Fsp3) is 0.625. The molecular weight excluding hydrogens is 274 g/mol. The standard InChI is InChI=1S/C16H24ClNO2/c1-13-11-18(12-14(2)20-13)9-3-4-10-19-16-7-5-15(17)6-8-16/h5-8,13-14H,3-4,9-12H2,1-2H3/t13-,14-/m1/s1. The third-order valence-electron chi connectivity index (χ3n) is 3.45. The third-order valence-corrected chi connectivity index (χ3v) is 3.70. The molecule has 0 saturated carbocycles. The first-order valence-corrected chi connectivity index (χ1v) is 7.77. The van der Waals surface area contributed by atoms with Crippen LogP contribution in [0.1, 0.15) is 26.7 Å². The number of morpholine rings is 1. The van der Waals surface area contributed by atoms with Crippen LogP contribution in [-0.2, 0) is 4.74 Å². The number of nitrogens with zero attached hydrogens (tertiary/aromatic N) is 1. The molecule has 0 amide bonds. The van der Waals surface area contributed by atoms with Crippen molar-refractivity contribution in [1.29, 1.82) is 0 Å². The van der Waals surface area contributed by atoms with E-state index in [0.29, 0.717) is 12.2 Å². The number of ether oxygens (including phenoxy) is 2. The number of benzene rings is 1. The lowest BCUT2D eigenvalue weighted by Crippen LogP contribution is -2.45. The number of halogens is 1. The molecule has 20 heavy (non-hydrogen) atoms. The van der Waals surface area contributed by atoms with E-state index in [2.05, 4.69) is 18.7 Å². The number of hydrogen-bond donors (Lipinski definition) is 0. The summed E-state index contributed by atoms with van der Waals surface area (Å²) < 4.78 is 11.4. The van der Waals surface area contributed by atoms with E-state index in [-0.39, 0.29) is 0 Å². The molecule has 2 rings (SSSR count). The molecule has 0 aliphatic carbocycles. The van der Waals surface area contributed by atoms with Gasteiger partial charge in [-0.1, -0.05) is 11.6 Å². The van der Waals surface area contributed by atoms with Crippen molar-refractivity contribution in [2.45, 2.75) is 38.9 Å². The van der Waals surface area contributed by atoms with E-state index in [0.717, 1.165) is 49.9 Å². The van der Waals surface area contributed by atoms with Crippen LogP contribution in [0.15, 0.2) is 24.3 Å². The highest BCUT2D eigenvalue weighted by Gasteiger charge is 2.21. The topological polar surface area (TPSA) is 21.7 Å². The Morgan fingerprint density at radius 2 is 1.80 bits per heavy atom. The molecule has 0 aromatic heterocycles. The summed E-state index contributed by atoms with van der Waals surface area (Å²) in [4.78, 5) is 2.49. The predicted octanol–water partition coefficient (Wildman–Crippen LogP) is 3.61. The molecule has 112 valence electrons. The molecule has 4 heteroatoms. The number of unbranched alkanes of at least 4 members (excludes halogenated alkanes) is 1. The maximum Gasteiger partial charge on any atom is 0.119 e. The van der Waals surface area contributed by atoms with E-state index in [9.17, 15) is 0 Å². The summed E-state index contributed by atoms with van der Waals surface area (Å²) in [5.41, 5.74) is 0. The number of hydrogen-bond acceptors (Lipinski definition) is 3. The molecule has 0 bridgehead atoms. The monoisotopic (exact) mass is 297 g/mol. The zero-order valence-electron chi connectivity index (χ0n) is 12.3. The van der Waals surface area contributed by atoms with Crippen LogP contribution in [0.5, 0.6) is 5.75 Å². The summed E-state index contributed by atoms with van der Waals surface area (Å²) in [6.07, 6.45) is 2.93. The van der Waals surface area contributed by atoms with Crippen LogP contribution in [0.25, 0.3) is 0 Å². The Hall–Kier alpha value is -0.770. The molecule has 1 heterocycles. The van der Waals surface area contributed by atoms with Crippen molar-refractivity contribution in [2.75, 3.05) is 26.2 Å². The van der Waals surface area contributed by atoms with Crippen LogP contribution >= 0.6 is 11.6 Å². The highest BCUT2D eigenvalue weighted by atomic mass is 35.5. The van der Waals surface area contributed by atoms with Gasteiger partial charge >= 0.3 is 0 Å². The Morgan fingerprint density at radius 1 is 1.15 bits per heavy atom. The Kier molecular flexibility index (Phi) is 6.14. The molecule has 0 radical (unpaired) electrons. The van der Waals surface area contributed by atoms with Gasteiger partial charge in [-0.3, -0.25) is 4.90 Å². The lowest BCUT2D eigenvalue weighted by Gasteiger charge is -2.35. The summed E-state index contributed by atoms with van der Waals surface area (Å²) in [6.45, 7) is 8.27. The van der Waals surface area contributed by atoms with Crippen molar-refractivity contribution < 1.29 is 9.47 Å². The molecule has 1 aromatic rings. The maximum atomic E-state index is 5.83. The van der Waals surface area contributed by atoms with Crippen LogP contribution in [0.3, 0.4) is 0 Å². The Morgan fingerprint density at radius 3 is 2.45 bits per heavy atom. The first-order valence-electron chi connectivity index (χ1n) is 7.39. The molecule has 1 aromatic carbocycles. The van der Waals surface area contributed by atoms with E-state index in [4.69, 9.17) is 21.1 Å². The third kappa shape index (κ3) is 5.31. The van der Waals surface area contributed by atoms with Crippen LogP contribution in [0.2, 0.25) is 5.02 Å². The molecular formula is C16H24ClNO2. The van der Waals surface area contributed by atoms with Crippen LogP contribution in [-0.4, -0.2) is 43.3 Å². The summed E-state index contributed by atoms with van der Waals surface area (Å²) in [5, 5.41) is 0.743. The number of rotatable bonds is 6. The first-order chi connectivity index (χ1) is 9.63. The van der Waals surface area contributed by atoms with Gasteiger partial charge in [0.05, 0.1) is 18.8 Å². The fourth-order valence-electron chi connectivity index (χ4n) is 2.63. The molecule has 1 aliphatic heterocycles. The van der Waals surface area contributed by atoms with E-state index < -0.39 is 0 Å². The van der Waals surface area contributed by atoms with Crippen molar-refractivity contribution in [2.24, 2.45) is 0 Å². The van der Waals surface area contributed by atoms with Gasteiger partial charge in [-0.2, -0.15) is 0 Å². The maximum absolute atomic E-state index is 5.83. The molecule has 1 aliphatic rings. The largest absolute Gasteiger partial charge is 0.494 e. The summed E-state index contributed by atoms with van der Waals surface area (Å²) in [7, 11) is 0. The second-order valence-corrected chi connectivity index (χ2v) is 5.96. The van der Waals surface area contributed by atoms with Crippen molar-refractivity contribution in [3.63, 3.8) is 0 Å². The van der Waals surface area contributed by atoms with Crippen molar-refractivity contribution in [1.82, 2.24) is 4.90 Å². The highest BCUT2D eigenvalue weighted by molar-refractivity contribution is 6.30. The molecule has 1 saturated heterocycles. The van der Waals surface area contributed by atoms with Gasteiger partial charge in [0, 0.05) is 18.1 Å². The lowest BCUT2D eigenvalue weighted by molar-refractivity contribution is -0.0682. The minimum Gasteiger partial charge on any atom is -0.494 e. The average Bonchev–Trinajstić information content (AvgIpc) is 2.39. The van der Waals surface area contributed by atoms with E-state index in [1.54, 1.807) is 0 Å². The summed E-state index contributed by atoms with van der Waals surface area (Å²) >= 11 is 5.83. The van der Waals surface area contributed by atoms with Gasteiger partial charge < -0.3 is 9.47 Å². The average molecular weight is 298 g/mol. The highest BCUT2D eigenvalue weighted by Crippen LogP contribution is 2.16. The van der Waals surface area contributed by atoms with Crippen LogP contribution in [0.4, 0.5) is 0 Å². The Bertz CT molecular complexity index is 386. The smallest absolute Gasteiger partial charge is 0.119 e. The predicted molar refractivity (Wildman–Crippen MR) is 82.6 cm³/mol. The normalized spacial score (nSPS) is 23.8. The zero-order valence-corrected chi connectivity index (χ0v) is 13.1. The van der Waals surface area contributed by atoms with E-state index >= 15 is 0 Å². The van der Waals surface area contributed by atoms with Gasteiger partial charge in [-0.15, -0.1) is 0 Å². The molecule has 2 atom stereocenters. The van der Waals surface area contributed by atoms with Gasteiger partial charge in [0.25, 0.3) is 0 Å². The minimum absolute atomic E-state index is 0.351. The summed E-state index contributed by atoms with van der Waals surface area (Å²) in [6, 6.07) is 7.53. The van der Waals surface area contributed by atoms with E-state index in [1.165, 1.54) is 0 Å². The quantitative estimate of drug-likeness (QED) is 0.749. The molecule has 0 spiro atoms. The van der Waals surface area contributed by atoms with Gasteiger partial charge in [0.2, 0.25) is 0 Å². The lowest BCUT2D eigenvalue weighted by atomic mass is 10.2. The van der Waals surface area contributed by atoms with Crippen molar-refractivity contribution in [3.8, 4) is 5.75 Å². The first kappa shape index (κ1) is 15.6. The second-order valence-electron chi connectivity index (χ2n) is 5.53. The van der Waals surface area contributed by atoms with Crippen molar-refractivity contribution in [3.05, 3.63) is 29.3 Å². The van der Waals surface area contributed by atoms with Gasteiger partial charge in [0.1, 0.15) is 5.75 Å². The van der Waals surface area contributed by atoms with Crippen molar-refractivity contribution >= 4 is 11.6 Å². The second kappa shape index (κ2) is 7.87. The molecule has 0 N–H and O–H groups in total. The molecule has 1 fully saturated rings. The minimum atomic E-state index is 0.351. The Balaban J connectivity index is 1.58. The van der Waals surface area contributed by atoms with E-state index in [1.807, 2.05) is 24.3 Å². The molecule has 0 unspecified atom stereocenters. The SMILES string of the molecule is C[C@@H]1CN(CCCCOc2ccc(Cl)cc2)C[C@@H](C)O1.